The van der Waals surface area contributed by atoms with E-state index in [1.165, 1.54) is 18.8 Å². The lowest BCUT2D eigenvalue weighted by atomic mass is 10.0. The van der Waals surface area contributed by atoms with Gasteiger partial charge in [0.05, 0.1) is 10.7 Å². The summed E-state index contributed by atoms with van der Waals surface area (Å²) in [4.78, 5) is 0. The van der Waals surface area contributed by atoms with Gasteiger partial charge < -0.3 is 9.15 Å². The van der Waals surface area contributed by atoms with Gasteiger partial charge in [-0.15, -0.1) is 11.8 Å². The van der Waals surface area contributed by atoms with Crippen molar-refractivity contribution in [2.24, 2.45) is 0 Å². The van der Waals surface area contributed by atoms with E-state index in [1.54, 1.807) is 18.6 Å². The molecule has 0 aliphatic carbocycles. The Hall–Kier alpha value is -1.74. The van der Waals surface area contributed by atoms with Crippen molar-refractivity contribution in [2.75, 3.05) is 13.3 Å². The molecule has 1 heterocycles. The van der Waals surface area contributed by atoms with Gasteiger partial charge in [0.25, 0.3) is 0 Å². The smallest absolute Gasteiger partial charge is 0.246 e. The van der Waals surface area contributed by atoms with Gasteiger partial charge in [-0.3, -0.25) is 0 Å². The molecule has 0 amide bonds. The topological polar surface area (TPSA) is 68.5 Å². The summed E-state index contributed by atoms with van der Waals surface area (Å²) >= 11 is 4.70. The third-order valence-electron chi connectivity index (χ3n) is 4.59. The second-order valence-electron chi connectivity index (χ2n) is 6.55. The van der Waals surface area contributed by atoms with Crippen LogP contribution in [-0.2, 0) is 16.6 Å². The third-order valence-corrected chi connectivity index (χ3v) is 8.05. The van der Waals surface area contributed by atoms with Gasteiger partial charge in [-0.25, -0.2) is 13.1 Å². The molecule has 0 saturated carbocycles. The summed E-state index contributed by atoms with van der Waals surface area (Å²) < 4.78 is 39.5. The largest absolute Gasteiger partial charge is 0.488 e. The second-order valence-corrected chi connectivity index (χ2v) is 10.4. The van der Waals surface area contributed by atoms with E-state index in [1.807, 2.05) is 44.2 Å². The molecule has 1 N–H and O–H groups in total. The number of hydrogen-bond donors (Lipinski definition) is 1. The van der Waals surface area contributed by atoms with Crippen molar-refractivity contribution in [2.45, 2.75) is 20.5 Å². The molecule has 0 spiro atoms. The predicted molar refractivity (Wildman–Crippen MR) is 124 cm³/mol. The van der Waals surface area contributed by atoms with Crippen molar-refractivity contribution in [1.29, 1.82) is 0 Å². The molecular weight excluding hydrogens is 474 g/mol. The predicted octanol–water partition coefficient (Wildman–Crippen LogP) is 5.60. The summed E-state index contributed by atoms with van der Waals surface area (Å²) in [6.45, 7) is 4.34. The van der Waals surface area contributed by atoms with Gasteiger partial charge in [0.1, 0.15) is 22.2 Å². The van der Waals surface area contributed by atoms with Crippen LogP contribution in [0.2, 0.25) is 0 Å². The Morgan fingerprint density at radius 2 is 1.97 bits per heavy atom. The Kier molecular flexibility index (Phi) is 6.78. The zero-order valence-corrected chi connectivity index (χ0v) is 19.8. The number of fused-ring (bicyclic) bond motifs is 1. The fourth-order valence-electron chi connectivity index (χ4n) is 2.86. The molecule has 8 heteroatoms. The molecule has 0 atom stereocenters. The average molecular weight is 496 g/mol. The summed E-state index contributed by atoms with van der Waals surface area (Å²) in [6, 6.07) is 9.76. The molecule has 5 nitrogen and oxygen atoms in total. The number of furan rings is 1. The van der Waals surface area contributed by atoms with Crippen LogP contribution in [-0.4, -0.2) is 21.7 Å². The van der Waals surface area contributed by atoms with Crippen molar-refractivity contribution in [3.8, 4) is 5.75 Å². The van der Waals surface area contributed by atoms with Gasteiger partial charge in [-0.2, -0.15) is 0 Å². The minimum Gasteiger partial charge on any atom is -0.488 e. The molecule has 0 radical (unpaired) electrons. The number of sulfonamides is 1. The quantitative estimate of drug-likeness (QED) is 0.461. The first-order chi connectivity index (χ1) is 13.7. The van der Waals surface area contributed by atoms with Crippen LogP contribution in [0.3, 0.4) is 0 Å². The number of rotatable bonds is 7. The van der Waals surface area contributed by atoms with E-state index in [-0.39, 0.29) is 4.24 Å². The highest BCUT2D eigenvalue weighted by Gasteiger charge is 2.16. The Morgan fingerprint density at radius 3 is 2.66 bits per heavy atom. The van der Waals surface area contributed by atoms with Crippen LogP contribution < -0.4 is 9.46 Å². The van der Waals surface area contributed by atoms with Crippen LogP contribution in [0.1, 0.15) is 22.3 Å². The first kappa shape index (κ1) is 22.0. The number of halogens is 1. The Morgan fingerprint density at radius 1 is 1.24 bits per heavy atom. The molecule has 0 unspecified atom stereocenters. The maximum absolute atomic E-state index is 12.3. The Balaban J connectivity index is 1.97. The Bertz CT molecular complexity index is 1180. The van der Waals surface area contributed by atoms with Crippen molar-refractivity contribution < 1.29 is 17.6 Å². The van der Waals surface area contributed by atoms with Crippen molar-refractivity contribution >= 4 is 54.8 Å². The summed E-state index contributed by atoms with van der Waals surface area (Å²) in [5.41, 5.74) is 4.64. The van der Waals surface area contributed by atoms with E-state index in [4.69, 9.17) is 9.15 Å². The number of ether oxygens (including phenoxy) is 1. The van der Waals surface area contributed by atoms with Gasteiger partial charge in [-0.1, -0.05) is 0 Å². The molecule has 3 aromatic rings. The standard InChI is InChI=1S/C21H22BrNO4S2/c1-13-7-17(11-20(28-4)29(24,25)23-3)19(8-14(13)2)27-12-15-9-16-5-6-26-21(16)18(22)10-15/h5-11,23H,12H2,1-4H3. The molecule has 154 valence electrons. The number of thioether (sulfide) groups is 1. The minimum atomic E-state index is -3.54. The summed E-state index contributed by atoms with van der Waals surface area (Å²) in [6.07, 6.45) is 5.03. The SMILES string of the molecule is CNS(=O)(=O)C(=Cc1cc(C)c(C)cc1OCc1cc(Br)c2occc2c1)SC. The van der Waals surface area contributed by atoms with Crippen LogP contribution in [0, 0.1) is 13.8 Å². The normalized spacial score (nSPS) is 12.5. The molecule has 0 aliphatic heterocycles. The lowest BCUT2D eigenvalue weighted by Crippen LogP contribution is -2.18. The molecule has 3 rings (SSSR count). The highest BCUT2D eigenvalue weighted by Crippen LogP contribution is 2.31. The fraction of sp³-hybridized carbons (Fsp3) is 0.238. The van der Waals surface area contributed by atoms with Crippen LogP contribution >= 0.6 is 27.7 Å². The van der Waals surface area contributed by atoms with Gasteiger partial charge in [0, 0.05) is 10.9 Å². The fourth-order valence-corrected chi connectivity index (χ4v) is 5.34. The first-order valence-electron chi connectivity index (χ1n) is 8.84. The number of nitrogens with one attached hydrogen (secondary N) is 1. The number of aryl methyl sites for hydroxylation is 2. The van der Waals surface area contributed by atoms with Crippen LogP contribution in [0.4, 0.5) is 0 Å². The zero-order chi connectivity index (χ0) is 21.2. The molecule has 29 heavy (non-hydrogen) atoms. The van der Waals surface area contributed by atoms with E-state index in [0.717, 1.165) is 37.7 Å². The molecular formula is C21H22BrNO4S2. The maximum Gasteiger partial charge on any atom is 0.246 e. The van der Waals surface area contributed by atoms with E-state index in [9.17, 15) is 8.42 Å². The number of benzene rings is 2. The van der Waals surface area contributed by atoms with Crippen molar-refractivity contribution in [1.82, 2.24) is 4.72 Å². The first-order valence-corrected chi connectivity index (χ1v) is 12.3. The summed E-state index contributed by atoms with van der Waals surface area (Å²) in [5, 5.41) is 0.989. The highest BCUT2D eigenvalue weighted by atomic mass is 79.9. The minimum absolute atomic E-state index is 0.232. The molecule has 1 aromatic heterocycles. The van der Waals surface area contributed by atoms with Gasteiger partial charge in [-0.05, 0) is 96.2 Å². The van der Waals surface area contributed by atoms with Gasteiger partial charge in [0.15, 0.2) is 0 Å². The molecule has 0 fully saturated rings. The number of hydrogen-bond acceptors (Lipinski definition) is 5. The third kappa shape index (κ3) is 4.88. The van der Waals surface area contributed by atoms with E-state index in [0.29, 0.717) is 12.4 Å². The molecule has 0 aliphatic rings. The van der Waals surface area contributed by atoms with Crippen molar-refractivity contribution in [3.63, 3.8) is 0 Å². The van der Waals surface area contributed by atoms with Crippen LogP contribution in [0.15, 0.2) is 49.7 Å². The second kappa shape index (κ2) is 8.95. The molecule has 2 aromatic carbocycles. The lowest BCUT2D eigenvalue weighted by molar-refractivity contribution is 0.305. The lowest BCUT2D eigenvalue weighted by Gasteiger charge is -2.14. The summed E-state index contributed by atoms with van der Waals surface area (Å²) in [7, 11) is -2.13. The van der Waals surface area contributed by atoms with Crippen LogP contribution in [0.25, 0.3) is 17.0 Å². The van der Waals surface area contributed by atoms with Gasteiger partial charge >= 0.3 is 0 Å². The maximum atomic E-state index is 12.3. The average Bonchev–Trinajstić information content (AvgIpc) is 3.16. The molecule has 0 saturated heterocycles. The monoisotopic (exact) mass is 495 g/mol. The van der Waals surface area contributed by atoms with E-state index in [2.05, 4.69) is 20.7 Å². The van der Waals surface area contributed by atoms with Crippen molar-refractivity contribution in [3.05, 3.63) is 67.6 Å². The van der Waals surface area contributed by atoms with Gasteiger partial charge in [0.2, 0.25) is 10.0 Å². The highest BCUT2D eigenvalue weighted by molar-refractivity contribution is 9.10. The summed E-state index contributed by atoms with van der Waals surface area (Å²) in [5.74, 6) is 0.634. The van der Waals surface area contributed by atoms with E-state index < -0.39 is 10.0 Å². The molecule has 0 bridgehead atoms. The zero-order valence-electron chi connectivity index (χ0n) is 16.6. The Labute approximate surface area is 183 Å². The van der Waals surface area contributed by atoms with E-state index >= 15 is 0 Å². The van der Waals surface area contributed by atoms with Crippen LogP contribution in [0.5, 0.6) is 5.75 Å².